The standard InChI is InChI=1S/C17H16N2O3/c1-11-5-3-4-6-15(11)21-10-17(20)19-13-7-8-14-16(9-13)22-12(2)18-14/h3-9H,10H2,1-2H3,(H,19,20). The van der Waals surface area contributed by atoms with Crippen LogP contribution in [-0.2, 0) is 4.79 Å². The molecule has 0 saturated carbocycles. The fourth-order valence-corrected chi connectivity index (χ4v) is 2.18. The lowest BCUT2D eigenvalue weighted by Crippen LogP contribution is -2.20. The normalized spacial score (nSPS) is 10.6. The molecule has 1 amide bonds. The predicted molar refractivity (Wildman–Crippen MR) is 84.0 cm³/mol. The largest absolute Gasteiger partial charge is 0.483 e. The molecule has 3 rings (SSSR count). The molecular formula is C17H16N2O3. The first-order valence-corrected chi connectivity index (χ1v) is 6.97. The van der Waals surface area contributed by atoms with Crippen molar-refractivity contribution in [2.75, 3.05) is 11.9 Å². The minimum absolute atomic E-state index is 0.0433. The van der Waals surface area contributed by atoms with E-state index in [1.165, 1.54) is 0 Å². The van der Waals surface area contributed by atoms with Gasteiger partial charge < -0.3 is 14.5 Å². The van der Waals surface area contributed by atoms with Gasteiger partial charge in [0.15, 0.2) is 18.1 Å². The first-order valence-electron chi connectivity index (χ1n) is 6.97. The summed E-state index contributed by atoms with van der Waals surface area (Å²) < 4.78 is 11.0. The molecule has 2 aromatic carbocycles. The van der Waals surface area contributed by atoms with Gasteiger partial charge in [-0.1, -0.05) is 18.2 Å². The van der Waals surface area contributed by atoms with Crippen molar-refractivity contribution in [3.8, 4) is 5.75 Å². The van der Waals surface area contributed by atoms with E-state index in [0.717, 1.165) is 11.1 Å². The Bertz CT molecular complexity index is 824. The number of hydrogen-bond acceptors (Lipinski definition) is 4. The van der Waals surface area contributed by atoms with Crippen molar-refractivity contribution in [2.24, 2.45) is 0 Å². The van der Waals surface area contributed by atoms with Gasteiger partial charge in [0.05, 0.1) is 0 Å². The van der Waals surface area contributed by atoms with Gasteiger partial charge in [-0.25, -0.2) is 4.98 Å². The summed E-state index contributed by atoms with van der Waals surface area (Å²) in [5, 5.41) is 2.78. The molecule has 0 aliphatic rings. The first kappa shape index (κ1) is 14.1. The van der Waals surface area contributed by atoms with E-state index in [9.17, 15) is 4.79 Å². The number of benzene rings is 2. The number of oxazole rings is 1. The molecule has 22 heavy (non-hydrogen) atoms. The quantitative estimate of drug-likeness (QED) is 0.800. The number of ether oxygens (including phenoxy) is 1. The molecule has 0 radical (unpaired) electrons. The van der Waals surface area contributed by atoms with Crippen LogP contribution < -0.4 is 10.1 Å². The molecule has 0 aliphatic heterocycles. The van der Waals surface area contributed by atoms with Gasteiger partial charge in [0.1, 0.15) is 11.3 Å². The van der Waals surface area contributed by atoms with E-state index in [4.69, 9.17) is 9.15 Å². The van der Waals surface area contributed by atoms with E-state index < -0.39 is 0 Å². The topological polar surface area (TPSA) is 64.4 Å². The summed E-state index contributed by atoms with van der Waals surface area (Å²) >= 11 is 0. The fraction of sp³-hybridized carbons (Fsp3) is 0.176. The van der Waals surface area contributed by atoms with Crippen LogP contribution >= 0.6 is 0 Å². The van der Waals surface area contributed by atoms with Gasteiger partial charge in [0, 0.05) is 18.7 Å². The van der Waals surface area contributed by atoms with E-state index in [-0.39, 0.29) is 12.5 Å². The van der Waals surface area contributed by atoms with Crippen LogP contribution in [0.25, 0.3) is 11.1 Å². The Balaban J connectivity index is 1.64. The number of amides is 1. The minimum Gasteiger partial charge on any atom is -0.483 e. The summed E-state index contributed by atoms with van der Waals surface area (Å²) in [6.45, 7) is 3.68. The van der Waals surface area contributed by atoms with Crippen LogP contribution in [0.4, 0.5) is 5.69 Å². The first-order chi connectivity index (χ1) is 10.6. The highest BCUT2D eigenvalue weighted by Gasteiger charge is 2.07. The molecule has 112 valence electrons. The molecular weight excluding hydrogens is 280 g/mol. The molecule has 5 nitrogen and oxygen atoms in total. The zero-order chi connectivity index (χ0) is 15.5. The van der Waals surface area contributed by atoms with E-state index in [0.29, 0.717) is 22.9 Å². The van der Waals surface area contributed by atoms with Crippen molar-refractivity contribution in [2.45, 2.75) is 13.8 Å². The Morgan fingerprint density at radius 2 is 2.05 bits per heavy atom. The van der Waals surface area contributed by atoms with Crippen molar-refractivity contribution in [3.05, 3.63) is 53.9 Å². The van der Waals surface area contributed by atoms with Gasteiger partial charge in [-0.2, -0.15) is 0 Å². The third-order valence-electron chi connectivity index (χ3n) is 3.23. The Morgan fingerprint density at radius 3 is 2.86 bits per heavy atom. The second-order valence-electron chi connectivity index (χ2n) is 5.02. The number of anilines is 1. The number of carbonyl (C=O) groups excluding carboxylic acids is 1. The number of nitrogens with zero attached hydrogens (tertiary/aromatic N) is 1. The minimum atomic E-state index is -0.223. The Labute approximate surface area is 127 Å². The van der Waals surface area contributed by atoms with E-state index >= 15 is 0 Å². The summed E-state index contributed by atoms with van der Waals surface area (Å²) in [7, 11) is 0. The van der Waals surface area contributed by atoms with Crippen molar-refractivity contribution in [1.29, 1.82) is 0 Å². The number of para-hydroxylation sites is 1. The molecule has 0 saturated heterocycles. The summed E-state index contributed by atoms with van der Waals surface area (Å²) in [6.07, 6.45) is 0. The van der Waals surface area contributed by atoms with Crippen LogP contribution in [0, 0.1) is 13.8 Å². The number of nitrogens with one attached hydrogen (secondary N) is 1. The molecule has 1 heterocycles. The number of hydrogen-bond donors (Lipinski definition) is 1. The monoisotopic (exact) mass is 296 g/mol. The lowest BCUT2D eigenvalue weighted by atomic mass is 10.2. The van der Waals surface area contributed by atoms with Crippen LogP contribution in [-0.4, -0.2) is 17.5 Å². The molecule has 1 N–H and O–H groups in total. The SMILES string of the molecule is Cc1nc2ccc(NC(=O)COc3ccccc3C)cc2o1. The molecule has 0 spiro atoms. The van der Waals surface area contributed by atoms with Gasteiger partial charge in [-0.15, -0.1) is 0 Å². The number of aryl methyl sites for hydroxylation is 2. The van der Waals surface area contributed by atoms with Crippen molar-refractivity contribution in [1.82, 2.24) is 4.98 Å². The number of fused-ring (bicyclic) bond motifs is 1. The van der Waals surface area contributed by atoms with Crippen molar-refractivity contribution >= 4 is 22.7 Å². The average molecular weight is 296 g/mol. The highest BCUT2D eigenvalue weighted by Crippen LogP contribution is 2.20. The average Bonchev–Trinajstić information content (AvgIpc) is 2.86. The van der Waals surface area contributed by atoms with E-state index in [2.05, 4.69) is 10.3 Å². The molecule has 0 bridgehead atoms. The van der Waals surface area contributed by atoms with Crippen LogP contribution in [0.15, 0.2) is 46.9 Å². The second kappa shape index (κ2) is 5.89. The molecule has 5 heteroatoms. The highest BCUT2D eigenvalue weighted by atomic mass is 16.5. The van der Waals surface area contributed by atoms with Gasteiger partial charge >= 0.3 is 0 Å². The fourth-order valence-electron chi connectivity index (χ4n) is 2.18. The molecule has 1 aromatic heterocycles. The number of aromatic nitrogens is 1. The van der Waals surface area contributed by atoms with Crippen LogP contribution in [0.1, 0.15) is 11.5 Å². The van der Waals surface area contributed by atoms with Crippen LogP contribution in [0.5, 0.6) is 5.75 Å². The van der Waals surface area contributed by atoms with E-state index in [1.54, 1.807) is 19.1 Å². The lowest BCUT2D eigenvalue weighted by molar-refractivity contribution is -0.118. The smallest absolute Gasteiger partial charge is 0.262 e. The summed E-state index contributed by atoms with van der Waals surface area (Å²) in [5.74, 6) is 1.08. The Kier molecular flexibility index (Phi) is 3.78. The van der Waals surface area contributed by atoms with Crippen LogP contribution in [0.2, 0.25) is 0 Å². The summed E-state index contributed by atoms with van der Waals surface area (Å²) in [5.41, 5.74) is 3.07. The predicted octanol–water partition coefficient (Wildman–Crippen LogP) is 3.46. The lowest BCUT2D eigenvalue weighted by Gasteiger charge is -2.09. The molecule has 0 aliphatic carbocycles. The van der Waals surface area contributed by atoms with Crippen molar-refractivity contribution < 1.29 is 13.9 Å². The molecule has 0 atom stereocenters. The summed E-state index contributed by atoms with van der Waals surface area (Å²) in [6, 6.07) is 12.9. The van der Waals surface area contributed by atoms with Crippen LogP contribution in [0.3, 0.4) is 0 Å². The number of carbonyl (C=O) groups is 1. The van der Waals surface area contributed by atoms with E-state index in [1.807, 2.05) is 37.3 Å². The zero-order valence-electron chi connectivity index (χ0n) is 12.4. The number of rotatable bonds is 4. The maximum atomic E-state index is 12.0. The van der Waals surface area contributed by atoms with Crippen molar-refractivity contribution in [3.63, 3.8) is 0 Å². The van der Waals surface area contributed by atoms with Gasteiger partial charge in [0.2, 0.25) is 0 Å². The maximum Gasteiger partial charge on any atom is 0.262 e. The third-order valence-corrected chi connectivity index (χ3v) is 3.23. The van der Waals surface area contributed by atoms with Gasteiger partial charge in [-0.3, -0.25) is 4.79 Å². The molecule has 0 fully saturated rings. The molecule has 3 aromatic rings. The third kappa shape index (κ3) is 3.09. The Hall–Kier alpha value is -2.82. The van der Waals surface area contributed by atoms with Gasteiger partial charge in [-0.05, 0) is 30.7 Å². The zero-order valence-corrected chi connectivity index (χ0v) is 12.4. The summed E-state index contributed by atoms with van der Waals surface area (Å²) in [4.78, 5) is 16.2. The van der Waals surface area contributed by atoms with Gasteiger partial charge in [0.25, 0.3) is 5.91 Å². The highest BCUT2D eigenvalue weighted by molar-refractivity contribution is 5.93. The Morgan fingerprint density at radius 1 is 1.23 bits per heavy atom. The molecule has 0 unspecified atom stereocenters. The second-order valence-corrected chi connectivity index (χ2v) is 5.02. The maximum absolute atomic E-state index is 12.0.